The van der Waals surface area contributed by atoms with Crippen LogP contribution in [0.4, 0.5) is 0 Å². The summed E-state index contributed by atoms with van der Waals surface area (Å²) in [6.45, 7) is 0. The lowest BCUT2D eigenvalue weighted by Crippen LogP contribution is -1.99. The summed E-state index contributed by atoms with van der Waals surface area (Å²) in [5, 5.41) is 19.8. The van der Waals surface area contributed by atoms with Gasteiger partial charge in [-0.3, -0.25) is 0 Å². The van der Waals surface area contributed by atoms with Gasteiger partial charge >= 0.3 is 5.63 Å². The average Bonchev–Trinajstić information content (AvgIpc) is 2.23. The molecule has 4 nitrogen and oxygen atoms in total. The molecule has 2 N–H and O–H groups in total. The summed E-state index contributed by atoms with van der Waals surface area (Å²) in [4.78, 5) is 11.1. The maximum absolute atomic E-state index is 11.1. The molecule has 0 spiro atoms. The van der Waals surface area contributed by atoms with Gasteiger partial charge in [0, 0.05) is 16.8 Å². The van der Waals surface area contributed by atoms with Gasteiger partial charge in [-0.25, -0.2) is 4.79 Å². The van der Waals surface area contributed by atoms with Gasteiger partial charge in [0.1, 0.15) is 0 Å². The molecule has 15 heavy (non-hydrogen) atoms. The molecule has 5 heteroatoms. The molecule has 78 valence electrons. The summed E-state index contributed by atoms with van der Waals surface area (Å²) in [5.74, 6) is -0.718. The molecular weight excluding hydrogens is 264 g/mol. The van der Waals surface area contributed by atoms with Crippen molar-refractivity contribution >= 4 is 26.9 Å². The van der Waals surface area contributed by atoms with Crippen LogP contribution in [-0.4, -0.2) is 10.2 Å². The third-order valence-corrected chi connectivity index (χ3v) is 2.70. The SMILES string of the molecule is O=c1cc(CBr)c2ccc(O)c(O)c2o1. The van der Waals surface area contributed by atoms with Gasteiger partial charge in [0.2, 0.25) is 5.75 Å². The van der Waals surface area contributed by atoms with Gasteiger partial charge in [-0.2, -0.15) is 0 Å². The molecule has 1 heterocycles. The normalized spacial score (nSPS) is 10.7. The monoisotopic (exact) mass is 270 g/mol. The van der Waals surface area contributed by atoms with Gasteiger partial charge in [0.05, 0.1) is 0 Å². The van der Waals surface area contributed by atoms with Crippen LogP contribution < -0.4 is 5.63 Å². The van der Waals surface area contributed by atoms with Crippen LogP contribution in [0.3, 0.4) is 0 Å². The van der Waals surface area contributed by atoms with Crippen LogP contribution in [0.1, 0.15) is 5.56 Å². The zero-order valence-corrected chi connectivity index (χ0v) is 9.11. The molecule has 0 bridgehead atoms. The number of hydrogen-bond donors (Lipinski definition) is 2. The highest BCUT2D eigenvalue weighted by molar-refractivity contribution is 9.08. The molecule has 1 aromatic heterocycles. The second kappa shape index (κ2) is 3.58. The van der Waals surface area contributed by atoms with E-state index in [9.17, 15) is 15.0 Å². The summed E-state index contributed by atoms with van der Waals surface area (Å²) >= 11 is 3.23. The molecule has 2 aromatic rings. The number of rotatable bonds is 1. The van der Waals surface area contributed by atoms with Crippen molar-refractivity contribution in [2.75, 3.05) is 0 Å². The van der Waals surface area contributed by atoms with Crippen LogP contribution in [0.15, 0.2) is 27.4 Å². The van der Waals surface area contributed by atoms with Gasteiger partial charge in [0.15, 0.2) is 11.3 Å². The van der Waals surface area contributed by atoms with Gasteiger partial charge < -0.3 is 14.6 Å². The van der Waals surface area contributed by atoms with E-state index in [-0.39, 0.29) is 11.3 Å². The second-order valence-electron chi connectivity index (χ2n) is 3.03. The first-order chi connectivity index (χ1) is 7.13. The van der Waals surface area contributed by atoms with Crippen molar-refractivity contribution in [3.8, 4) is 11.5 Å². The third-order valence-electron chi connectivity index (χ3n) is 2.09. The molecule has 0 aliphatic heterocycles. The number of phenolic OH excluding ortho intramolecular Hbond substituents is 2. The Hall–Kier alpha value is -1.49. The molecule has 0 atom stereocenters. The summed E-state index contributed by atoms with van der Waals surface area (Å²) in [6.07, 6.45) is 0. The molecule has 0 fully saturated rings. The van der Waals surface area contributed by atoms with Crippen molar-refractivity contribution in [3.63, 3.8) is 0 Å². The lowest BCUT2D eigenvalue weighted by molar-refractivity contribution is 0.397. The van der Waals surface area contributed by atoms with Crippen molar-refractivity contribution in [2.24, 2.45) is 0 Å². The number of alkyl halides is 1. The molecule has 0 saturated carbocycles. The summed E-state index contributed by atoms with van der Waals surface area (Å²) in [7, 11) is 0. The zero-order valence-electron chi connectivity index (χ0n) is 7.53. The maximum atomic E-state index is 11.1. The Morgan fingerprint density at radius 3 is 2.73 bits per heavy atom. The number of fused-ring (bicyclic) bond motifs is 1. The molecule has 0 aliphatic carbocycles. The smallest absolute Gasteiger partial charge is 0.336 e. The first-order valence-electron chi connectivity index (χ1n) is 4.17. The summed E-state index contributed by atoms with van der Waals surface area (Å²) < 4.78 is 4.83. The standard InChI is InChI=1S/C10H7BrO4/c11-4-5-3-8(13)15-10-6(5)1-2-7(12)9(10)14/h1-3,12,14H,4H2. The van der Waals surface area contributed by atoms with Crippen LogP contribution in [-0.2, 0) is 5.33 Å². The van der Waals surface area contributed by atoms with Gasteiger partial charge in [-0.05, 0) is 17.7 Å². The predicted octanol–water partition coefficient (Wildman–Crippen LogP) is 2.10. The van der Waals surface area contributed by atoms with Crippen molar-refractivity contribution < 1.29 is 14.6 Å². The van der Waals surface area contributed by atoms with Crippen LogP contribution in [0.2, 0.25) is 0 Å². The predicted molar refractivity (Wildman–Crippen MR) is 58.4 cm³/mol. The largest absolute Gasteiger partial charge is 0.504 e. The topological polar surface area (TPSA) is 70.7 Å². The Balaban J connectivity index is 2.96. The van der Waals surface area contributed by atoms with Gasteiger partial charge in [-0.15, -0.1) is 0 Å². The Morgan fingerprint density at radius 1 is 1.33 bits per heavy atom. The quantitative estimate of drug-likeness (QED) is 0.473. The molecule has 1 aromatic carbocycles. The van der Waals surface area contributed by atoms with Crippen LogP contribution in [0.25, 0.3) is 11.0 Å². The second-order valence-corrected chi connectivity index (χ2v) is 3.60. The number of halogens is 1. The molecule has 0 unspecified atom stereocenters. The highest BCUT2D eigenvalue weighted by Crippen LogP contribution is 2.34. The first kappa shape index (κ1) is 10.0. The lowest BCUT2D eigenvalue weighted by atomic mass is 10.1. The fourth-order valence-corrected chi connectivity index (χ4v) is 1.84. The van der Waals surface area contributed by atoms with E-state index < -0.39 is 11.4 Å². The minimum Gasteiger partial charge on any atom is -0.504 e. The molecule has 0 radical (unpaired) electrons. The van der Waals surface area contributed by atoms with Gasteiger partial charge in [-0.1, -0.05) is 15.9 Å². The van der Waals surface area contributed by atoms with E-state index in [1.54, 1.807) is 6.07 Å². The van der Waals surface area contributed by atoms with E-state index in [1.807, 2.05) is 0 Å². The highest BCUT2D eigenvalue weighted by atomic mass is 79.9. The molecule has 0 saturated heterocycles. The van der Waals surface area contributed by atoms with Crippen LogP contribution in [0.5, 0.6) is 11.5 Å². The van der Waals surface area contributed by atoms with Crippen LogP contribution >= 0.6 is 15.9 Å². The van der Waals surface area contributed by atoms with Crippen molar-refractivity contribution in [1.82, 2.24) is 0 Å². The van der Waals surface area contributed by atoms with E-state index in [4.69, 9.17) is 4.42 Å². The summed E-state index contributed by atoms with van der Waals surface area (Å²) in [5.41, 5.74) is 0.159. The third kappa shape index (κ3) is 1.59. The Morgan fingerprint density at radius 2 is 2.07 bits per heavy atom. The number of hydrogen-bond acceptors (Lipinski definition) is 4. The Kier molecular flexibility index (Phi) is 2.40. The molecule has 2 rings (SSSR count). The summed E-state index contributed by atoms with van der Waals surface area (Å²) in [6, 6.07) is 4.28. The van der Waals surface area contributed by atoms with E-state index >= 15 is 0 Å². The minimum atomic E-state index is -0.558. The Labute approximate surface area is 92.9 Å². The fourth-order valence-electron chi connectivity index (χ4n) is 1.38. The number of phenols is 2. The van der Waals surface area contributed by atoms with E-state index in [0.717, 1.165) is 0 Å². The molecule has 0 amide bonds. The van der Waals surface area contributed by atoms with E-state index in [2.05, 4.69) is 15.9 Å². The first-order valence-corrected chi connectivity index (χ1v) is 5.29. The highest BCUT2D eigenvalue weighted by Gasteiger charge is 2.11. The maximum Gasteiger partial charge on any atom is 0.336 e. The fraction of sp³-hybridized carbons (Fsp3) is 0.100. The number of aromatic hydroxyl groups is 2. The minimum absolute atomic E-state index is 0.0111. The lowest BCUT2D eigenvalue weighted by Gasteiger charge is -2.04. The van der Waals surface area contributed by atoms with E-state index in [0.29, 0.717) is 16.3 Å². The zero-order chi connectivity index (χ0) is 11.0. The van der Waals surface area contributed by atoms with Gasteiger partial charge in [0.25, 0.3) is 0 Å². The Bertz CT molecular complexity index is 573. The molecular formula is C10H7BrO4. The number of benzene rings is 1. The van der Waals surface area contributed by atoms with Crippen LogP contribution in [0, 0.1) is 0 Å². The van der Waals surface area contributed by atoms with Crippen molar-refractivity contribution in [1.29, 1.82) is 0 Å². The molecule has 0 aliphatic rings. The van der Waals surface area contributed by atoms with Crippen molar-refractivity contribution in [3.05, 3.63) is 34.2 Å². The average molecular weight is 271 g/mol. The van der Waals surface area contributed by atoms with Crippen molar-refractivity contribution in [2.45, 2.75) is 5.33 Å². The van der Waals surface area contributed by atoms with E-state index in [1.165, 1.54) is 12.1 Å².